The number of hydrogen-bond donors (Lipinski definition) is 1. The third kappa shape index (κ3) is 10.5. The summed E-state index contributed by atoms with van der Waals surface area (Å²) < 4.78 is 3.34. The molecule has 160 valence electrons. The van der Waals surface area contributed by atoms with Gasteiger partial charge in [0, 0.05) is 28.1 Å². The molecule has 4 aromatic rings. The Morgan fingerprint density at radius 1 is 0.548 bits per heavy atom. The van der Waals surface area contributed by atoms with Gasteiger partial charge in [-0.1, -0.05) is 71.4 Å². The first-order valence-corrected chi connectivity index (χ1v) is 13.1. The highest BCUT2D eigenvalue weighted by atomic mass is 79.9. The number of rotatable bonds is 2. The summed E-state index contributed by atoms with van der Waals surface area (Å²) in [5.41, 5.74) is 2.58. The molecule has 0 nitrogen and oxygen atoms in total. The fourth-order valence-electron chi connectivity index (χ4n) is 2.24. The molecule has 0 bridgehead atoms. The second kappa shape index (κ2) is 14.2. The molecule has 0 saturated heterocycles. The minimum atomic E-state index is 1.02. The number of halogens is 3. The standard InChI is InChI=1S/C13H11BrS.C7H8S.C6H4Br2/c1-10-6-8-11(9-7-10)15-13-5-3-2-4-12(13)14;1-6-2-4-7(8)5-3-6;7-5-3-1-2-4-6(5)8/h2-9H,1H3;2-5,8H,1H3;1-4H. The van der Waals surface area contributed by atoms with Gasteiger partial charge in [0.2, 0.25) is 0 Å². The number of thiol groups is 1. The lowest BCUT2D eigenvalue weighted by Crippen LogP contribution is -1.76. The Kier molecular flexibility index (Phi) is 12.1. The second-order valence-corrected chi connectivity index (χ2v) is 10.8. The number of aryl methyl sites for hydroxylation is 2. The van der Waals surface area contributed by atoms with Crippen molar-refractivity contribution in [2.75, 3.05) is 0 Å². The van der Waals surface area contributed by atoms with Crippen LogP contribution < -0.4 is 0 Å². The topological polar surface area (TPSA) is 0 Å². The average Bonchev–Trinajstić information content (AvgIpc) is 2.77. The normalized spacial score (nSPS) is 9.74. The van der Waals surface area contributed by atoms with Crippen LogP contribution in [-0.4, -0.2) is 0 Å². The molecule has 4 aromatic carbocycles. The van der Waals surface area contributed by atoms with Gasteiger partial charge in [0.25, 0.3) is 0 Å². The van der Waals surface area contributed by atoms with Crippen molar-refractivity contribution in [2.45, 2.75) is 28.5 Å². The first-order valence-electron chi connectivity index (χ1n) is 9.50. The molecule has 0 unspecified atom stereocenters. The Morgan fingerprint density at radius 2 is 0.968 bits per heavy atom. The van der Waals surface area contributed by atoms with E-state index in [1.807, 2.05) is 54.6 Å². The summed E-state index contributed by atoms with van der Waals surface area (Å²) in [6.45, 7) is 4.17. The lowest BCUT2D eigenvalue weighted by molar-refractivity contribution is 1.35. The molecule has 4 rings (SSSR count). The van der Waals surface area contributed by atoms with Crippen molar-refractivity contribution in [3.05, 3.63) is 122 Å². The van der Waals surface area contributed by atoms with Crippen LogP contribution in [0.25, 0.3) is 0 Å². The molecule has 0 N–H and O–H groups in total. The lowest BCUT2D eigenvalue weighted by atomic mass is 10.2. The highest BCUT2D eigenvalue weighted by Gasteiger charge is 2.00. The average molecular weight is 639 g/mol. The molecule has 0 aliphatic carbocycles. The van der Waals surface area contributed by atoms with Gasteiger partial charge in [-0.3, -0.25) is 0 Å². The van der Waals surface area contributed by atoms with Gasteiger partial charge in [0.15, 0.2) is 0 Å². The quantitative estimate of drug-likeness (QED) is 0.213. The van der Waals surface area contributed by atoms with E-state index >= 15 is 0 Å². The second-order valence-electron chi connectivity index (χ2n) is 6.60. The Bertz CT molecular complexity index is 1020. The monoisotopic (exact) mass is 636 g/mol. The van der Waals surface area contributed by atoms with Gasteiger partial charge in [-0.05, 0) is 110 Å². The lowest BCUT2D eigenvalue weighted by Gasteiger charge is -2.03. The third-order valence-electron chi connectivity index (χ3n) is 3.94. The summed E-state index contributed by atoms with van der Waals surface area (Å²) in [7, 11) is 0. The summed E-state index contributed by atoms with van der Waals surface area (Å²) in [5, 5.41) is 0. The molecule has 0 saturated carbocycles. The van der Waals surface area contributed by atoms with Crippen LogP contribution in [0.3, 0.4) is 0 Å². The molecular weight excluding hydrogens is 616 g/mol. The largest absolute Gasteiger partial charge is 0.143 e. The van der Waals surface area contributed by atoms with E-state index in [4.69, 9.17) is 0 Å². The Labute approximate surface area is 220 Å². The maximum absolute atomic E-state index is 4.13. The van der Waals surface area contributed by atoms with Gasteiger partial charge in [-0.15, -0.1) is 12.6 Å². The van der Waals surface area contributed by atoms with Crippen LogP contribution in [0.2, 0.25) is 0 Å². The highest BCUT2D eigenvalue weighted by molar-refractivity contribution is 9.13. The van der Waals surface area contributed by atoms with Crippen molar-refractivity contribution < 1.29 is 0 Å². The van der Waals surface area contributed by atoms with Gasteiger partial charge < -0.3 is 0 Å². The van der Waals surface area contributed by atoms with E-state index in [0.717, 1.165) is 18.3 Å². The molecule has 0 aliphatic heterocycles. The van der Waals surface area contributed by atoms with Crippen LogP contribution in [0.4, 0.5) is 0 Å². The molecule has 31 heavy (non-hydrogen) atoms. The van der Waals surface area contributed by atoms with E-state index in [1.165, 1.54) is 20.9 Å². The van der Waals surface area contributed by atoms with Crippen LogP contribution in [-0.2, 0) is 0 Å². The number of benzene rings is 4. The smallest absolute Gasteiger partial charge is 0.0317 e. The Hall–Kier alpha value is -0.980. The van der Waals surface area contributed by atoms with E-state index in [9.17, 15) is 0 Å². The van der Waals surface area contributed by atoms with Crippen LogP contribution in [0, 0.1) is 13.8 Å². The predicted molar refractivity (Wildman–Crippen MR) is 150 cm³/mol. The fraction of sp³-hybridized carbons (Fsp3) is 0.0769. The van der Waals surface area contributed by atoms with Crippen LogP contribution in [0.1, 0.15) is 11.1 Å². The van der Waals surface area contributed by atoms with Crippen molar-refractivity contribution in [1.29, 1.82) is 0 Å². The first-order chi connectivity index (χ1) is 14.8. The van der Waals surface area contributed by atoms with Crippen LogP contribution >= 0.6 is 72.2 Å². The SMILES string of the molecule is Brc1ccccc1Br.Cc1ccc(S)cc1.Cc1ccc(Sc2ccccc2Br)cc1. The Morgan fingerprint density at radius 3 is 1.39 bits per heavy atom. The summed E-state index contributed by atoms with van der Waals surface area (Å²) in [6, 6.07) is 32.9. The summed E-state index contributed by atoms with van der Waals surface area (Å²) in [5.74, 6) is 0. The van der Waals surface area contributed by atoms with E-state index < -0.39 is 0 Å². The molecule has 0 atom stereocenters. The zero-order valence-electron chi connectivity index (χ0n) is 17.2. The van der Waals surface area contributed by atoms with Crippen LogP contribution in [0.5, 0.6) is 0 Å². The summed E-state index contributed by atoms with van der Waals surface area (Å²) in [6.07, 6.45) is 0. The Balaban J connectivity index is 0.000000181. The van der Waals surface area contributed by atoms with Gasteiger partial charge in [0.1, 0.15) is 0 Å². The molecule has 0 fully saturated rings. The van der Waals surface area contributed by atoms with Crippen molar-refractivity contribution in [2.24, 2.45) is 0 Å². The first kappa shape index (κ1) is 26.3. The molecule has 0 spiro atoms. The molecule has 0 aromatic heterocycles. The van der Waals surface area contributed by atoms with Crippen molar-refractivity contribution >= 4 is 72.2 Å². The van der Waals surface area contributed by atoms with Gasteiger partial charge >= 0.3 is 0 Å². The van der Waals surface area contributed by atoms with Crippen molar-refractivity contribution in [3.63, 3.8) is 0 Å². The molecule has 0 amide bonds. The summed E-state index contributed by atoms with van der Waals surface area (Å²) in [4.78, 5) is 3.55. The fourth-order valence-corrected chi connectivity index (χ4v) is 4.33. The van der Waals surface area contributed by atoms with Gasteiger partial charge in [-0.25, -0.2) is 0 Å². The zero-order chi connectivity index (χ0) is 22.6. The van der Waals surface area contributed by atoms with Gasteiger partial charge in [-0.2, -0.15) is 0 Å². The van der Waals surface area contributed by atoms with E-state index in [0.29, 0.717) is 0 Å². The summed E-state index contributed by atoms with van der Waals surface area (Å²) >= 11 is 16.2. The third-order valence-corrected chi connectivity index (χ3v) is 8.19. The maximum Gasteiger partial charge on any atom is 0.0317 e. The molecule has 0 aliphatic rings. The van der Waals surface area contributed by atoms with E-state index in [-0.39, 0.29) is 0 Å². The highest BCUT2D eigenvalue weighted by Crippen LogP contribution is 2.33. The minimum absolute atomic E-state index is 1.02. The van der Waals surface area contributed by atoms with Crippen LogP contribution in [0.15, 0.2) is 125 Å². The zero-order valence-corrected chi connectivity index (χ0v) is 23.7. The molecular formula is C26H23Br3S2. The van der Waals surface area contributed by atoms with Crippen molar-refractivity contribution in [1.82, 2.24) is 0 Å². The van der Waals surface area contributed by atoms with Crippen molar-refractivity contribution in [3.8, 4) is 0 Å². The van der Waals surface area contributed by atoms with E-state index in [2.05, 4.69) is 117 Å². The molecule has 0 heterocycles. The molecule has 5 heteroatoms. The molecule has 0 radical (unpaired) electrons. The minimum Gasteiger partial charge on any atom is -0.143 e. The predicted octanol–water partition coefficient (Wildman–Crippen LogP) is 10.4. The van der Waals surface area contributed by atoms with Gasteiger partial charge in [0.05, 0.1) is 0 Å². The maximum atomic E-state index is 4.13. The van der Waals surface area contributed by atoms with E-state index in [1.54, 1.807) is 11.8 Å². The number of hydrogen-bond acceptors (Lipinski definition) is 2.